The molecule has 0 aliphatic carbocycles. The van der Waals surface area contributed by atoms with Crippen LogP contribution in [0.3, 0.4) is 0 Å². The minimum absolute atomic E-state index is 0.342. The number of ether oxygens (including phenoxy) is 3. The first kappa shape index (κ1) is 27.3. The maximum atomic E-state index is 12.5. The molecular formula is C26H28F3N5O4. The summed E-state index contributed by atoms with van der Waals surface area (Å²) in [7, 11) is 0. The van der Waals surface area contributed by atoms with E-state index >= 15 is 0 Å². The summed E-state index contributed by atoms with van der Waals surface area (Å²) in [5.41, 5.74) is 3.67. The third-order valence-corrected chi connectivity index (χ3v) is 5.59. The molecule has 0 bridgehead atoms. The summed E-state index contributed by atoms with van der Waals surface area (Å²) in [6.45, 7) is 1.99. The van der Waals surface area contributed by atoms with Crippen molar-refractivity contribution in [3.8, 4) is 22.6 Å². The smallest absolute Gasteiger partial charge is 0.490 e. The third-order valence-electron chi connectivity index (χ3n) is 5.59. The predicted molar refractivity (Wildman–Crippen MR) is 133 cm³/mol. The molecule has 38 heavy (non-hydrogen) atoms. The number of aliphatic hydroxyl groups is 1. The van der Waals surface area contributed by atoms with Gasteiger partial charge in [0.1, 0.15) is 18.1 Å². The molecule has 2 aromatic heterocycles. The fourth-order valence-corrected chi connectivity index (χ4v) is 3.88. The first-order valence-electron chi connectivity index (χ1n) is 12.1. The number of hydrogen-bond acceptors (Lipinski definition) is 8. The molecule has 0 fully saturated rings. The van der Waals surface area contributed by atoms with Crippen molar-refractivity contribution in [1.82, 2.24) is 25.7 Å². The maximum Gasteiger partial charge on any atom is 0.573 e. The van der Waals surface area contributed by atoms with Crippen molar-refractivity contribution in [1.29, 1.82) is 0 Å². The van der Waals surface area contributed by atoms with Crippen LogP contribution in [-0.4, -0.2) is 58.2 Å². The molecular weight excluding hydrogens is 503 g/mol. The topological polar surface area (TPSA) is 114 Å². The van der Waals surface area contributed by atoms with E-state index in [1.165, 1.54) is 12.1 Å². The summed E-state index contributed by atoms with van der Waals surface area (Å²) in [5, 5.41) is 28.2. The van der Waals surface area contributed by atoms with Gasteiger partial charge in [0.15, 0.2) is 0 Å². The second kappa shape index (κ2) is 13.2. The van der Waals surface area contributed by atoms with Gasteiger partial charge in [-0.15, -0.1) is 13.2 Å². The lowest BCUT2D eigenvalue weighted by atomic mass is 10.1. The van der Waals surface area contributed by atoms with E-state index < -0.39 is 6.36 Å². The molecule has 0 amide bonds. The van der Waals surface area contributed by atoms with Crippen molar-refractivity contribution < 1.29 is 32.5 Å². The van der Waals surface area contributed by atoms with E-state index in [0.29, 0.717) is 49.8 Å². The molecule has 0 saturated heterocycles. The van der Waals surface area contributed by atoms with Crippen LogP contribution in [0.1, 0.15) is 24.0 Å². The number of fused-ring (bicyclic) bond motifs is 1. The van der Waals surface area contributed by atoms with Crippen LogP contribution in [0.15, 0.2) is 55.0 Å². The Bertz CT molecular complexity index is 1300. The van der Waals surface area contributed by atoms with Crippen LogP contribution in [0.25, 0.3) is 22.0 Å². The minimum atomic E-state index is -4.78. The molecule has 0 aliphatic rings. The van der Waals surface area contributed by atoms with Gasteiger partial charge in [-0.05, 0) is 66.4 Å². The molecule has 0 saturated carbocycles. The monoisotopic (exact) mass is 531 g/mol. The van der Waals surface area contributed by atoms with Crippen molar-refractivity contribution in [2.24, 2.45) is 0 Å². The van der Waals surface area contributed by atoms with E-state index in [1.807, 2.05) is 18.2 Å². The number of nitrogens with one attached hydrogen (secondary N) is 2. The van der Waals surface area contributed by atoms with E-state index in [-0.39, 0.29) is 12.4 Å². The Labute approximate surface area is 216 Å². The molecule has 2 aromatic carbocycles. The van der Waals surface area contributed by atoms with Crippen LogP contribution < -0.4 is 14.8 Å². The lowest BCUT2D eigenvalue weighted by Crippen LogP contribution is -2.18. The van der Waals surface area contributed by atoms with Gasteiger partial charge >= 0.3 is 6.36 Å². The number of alkyl halides is 3. The van der Waals surface area contributed by atoms with E-state index in [4.69, 9.17) is 9.47 Å². The number of H-pyrrole nitrogens is 1. The highest BCUT2D eigenvalue weighted by molar-refractivity contribution is 5.89. The maximum absolute atomic E-state index is 12.5. The van der Waals surface area contributed by atoms with Crippen LogP contribution in [0.2, 0.25) is 0 Å². The number of benzene rings is 2. The number of unbranched alkanes of at least 4 members (excludes halogenated alkanes) is 1. The summed E-state index contributed by atoms with van der Waals surface area (Å²) in [4.78, 5) is 0. The summed E-state index contributed by atoms with van der Waals surface area (Å²) in [5.74, 6) is 0.357. The number of rotatable bonds is 14. The van der Waals surface area contributed by atoms with E-state index in [2.05, 4.69) is 30.4 Å². The Kier molecular flexibility index (Phi) is 9.46. The van der Waals surface area contributed by atoms with Gasteiger partial charge in [0.2, 0.25) is 0 Å². The van der Waals surface area contributed by atoms with Crippen molar-refractivity contribution in [2.45, 2.75) is 32.4 Å². The molecule has 0 aliphatic heterocycles. The first-order chi connectivity index (χ1) is 18.4. The molecule has 4 rings (SSSR count). The number of hydrogen-bond donors (Lipinski definition) is 3. The Morgan fingerprint density at radius 3 is 2.58 bits per heavy atom. The Balaban J connectivity index is 1.14. The van der Waals surface area contributed by atoms with Gasteiger partial charge in [0.05, 0.1) is 42.7 Å². The molecule has 4 aromatic rings. The molecule has 3 N–H and O–H groups in total. The Hall–Kier alpha value is -3.74. The summed E-state index contributed by atoms with van der Waals surface area (Å²) in [6, 6.07) is 9.91. The molecule has 9 nitrogen and oxygen atoms in total. The Morgan fingerprint density at radius 1 is 0.921 bits per heavy atom. The molecule has 0 atom stereocenters. The van der Waals surface area contributed by atoms with Crippen LogP contribution in [-0.2, 0) is 17.9 Å². The first-order valence-corrected chi connectivity index (χ1v) is 12.1. The quantitative estimate of drug-likeness (QED) is 0.206. The second-order valence-electron chi connectivity index (χ2n) is 8.47. The van der Waals surface area contributed by atoms with Gasteiger partial charge in [0, 0.05) is 18.7 Å². The Morgan fingerprint density at radius 2 is 1.79 bits per heavy atom. The van der Waals surface area contributed by atoms with Gasteiger partial charge < -0.3 is 24.6 Å². The fourth-order valence-electron chi connectivity index (χ4n) is 3.88. The molecule has 0 unspecified atom stereocenters. The highest BCUT2D eigenvalue weighted by Crippen LogP contribution is 2.31. The molecule has 0 spiro atoms. The minimum Gasteiger partial charge on any atom is -0.490 e. The van der Waals surface area contributed by atoms with Crippen molar-refractivity contribution in [3.63, 3.8) is 0 Å². The number of aliphatic hydroxyl groups excluding tert-OH is 1. The fraction of sp³-hybridized carbons (Fsp3) is 0.346. The largest absolute Gasteiger partial charge is 0.573 e. The van der Waals surface area contributed by atoms with Gasteiger partial charge in [-0.2, -0.15) is 15.3 Å². The van der Waals surface area contributed by atoms with Crippen molar-refractivity contribution in [2.75, 3.05) is 26.4 Å². The average Bonchev–Trinajstić information content (AvgIpc) is 3.38. The average molecular weight is 532 g/mol. The highest BCUT2D eigenvalue weighted by atomic mass is 19.4. The van der Waals surface area contributed by atoms with Gasteiger partial charge in [-0.1, -0.05) is 6.07 Å². The molecule has 202 valence electrons. The third kappa shape index (κ3) is 8.13. The molecule has 2 heterocycles. The number of aromatic amines is 1. The van der Waals surface area contributed by atoms with Crippen LogP contribution in [0, 0.1) is 0 Å². The standard InChI is InChI=1S/C26H28F3N5O4/c27-26(28,29)38-22-10-18(9-19(11-22)17-35)14-30-4-1-2-6-36-7-8-37-25-13-21(20-3-5-31-32-15-20)12-24-23(25)16-33-34-24/h3,5,9-13,15-16,30,35H,1-2,4,6-8,14,17H2,(H,33,34). The summed E-state index contributed by atoms with van der Waals surface area (Å²) < 4.78 is 53.1. The normalized spacial score (nSPS) is 11.7. The zero-order valence-corrected chi connectivity index (χ0v) is 20.5. The van der Waals surface area contributed by atoms with Crippen LogP contribution in [0.5, 0.6) is 11.5 Å². The summed E-state index contributed by atoms with van der Waals surface area (Å²) in [6.07, 6.45) is 1.89. The van der Waals surface area contributed by atoms with Crippen LogP contribution in [0.4, 0.5) is 13.2 Å². The molecule has 12 heteroatoms. The lowest BCUT2D eigenvalue weighted by Gasteiger charge is -2.12. The van der Waals surface area contributed by atoms with Crippen molar-refractivity contribution >= 4 is 10.9 Å². The molecule has 0 radical (unpaired) electrons. The number of halogens is 3. The van der Waals surface area contributed by atoms with E-state index in [9.17, 15) is 18.3 Å². The van der Waals surface area contributed by atoms with E-state index in [0.717, 1.165) is 34.9 Å². The zero-order chi connectivity index (χ0) is 26.8. The highest BCUT2D eigenvalue weighted by Gasteiger charge is 2.31. The van der Waals surface area contributed by atoms with Crippen molar-refractivity contribution in [3.05, 3.63) is 66.1 Å². The number of aromatic nitrogens is 4. The van der Waals surface area contributed by atoms with Gasteiger partial charge in [0.25, 0.3) is 0 Å². The summed E-state index contributed by atoms with van der Waals surface area (Å²) >= 11 is 0. The predicted octanol–water partition coefficient (Wildman–Crippen LogP) is 4.38. The number of nitrogens with zero attached hydrogens (tertiary/aromatic N) is 3. The lowest BCUT2D eigenvalue weighted by molar-refractivity contribution is -0.274. The SMILES string of the molecule is OCc1cc(CNCCCCOCCOc2cc(-c3ccnnc3)cc3[nH]ncc23)cc(OC(F)(F)F)c1. The van der Waals surface area contributed by atoms with Gasteiger partial charge in [-0.3, -0.25) is 5.10 Å². The van der Waals surface area contributed by atoms with Crippen LogP contribution >= 0.6 is 0 Å². The van der Waals surface area contributed by atoms with E-state index in [1.54, 1.807) is 24.7 Å². The zero-order valence-electron chi connectivity index (χ0n) is 20.5. The van der Waals surface area contributed by atoms with Gasteiger partial charge in [-0.25, -0.2) is 0 Å². The second-order valence-corrected chi connectivity index (χ2v) is 8.47.